The van der Waals surface area contributed by atoms with E-state index >= 15 is 0 Å². The van der Waals surface area contributed by atoms with Gasteiger partial charge in [0.25, 0.3) is 0 Å². The molecule has 6 rings (SSSR count). The van der Waals surface area contributed by atoms with Gasteiger partial charge in [-0.25, -0.2) is 0 Å². The first-order chi connectivity index (χ1) is 21.0. The number of halogens is 2. The van der Waals surface area contributed by atoms with Crippen molar-refractivity contribution in [2.75, 3.05) is 0 Å². The first-order valence-corrected chi connectivity index (χ1v) is 30.6. The first kappa shape index (κ1) is 37.9. The fourth-order valence-electron chi connectivity index (χ4n) is 8.86. The molecule has 4 aromatic carbocycles. The van der Waals surface area contributed by atoms with Gasteiger partial charge in [-0.15, -0.1) is 24.8 Å². The van der Waals surface area contributed by atoms with Crippen LogP contribution in [0.5, 0.6) is 0 Å². The molecule has 0 spiro atoms. The van der Waals surface area contributed by atoms with Crippen molar-refractivity contribution < 1.29 is 17.4 Å². The van der Waals surface area contributed by atoms with Gasteiger partial charge < -0.3 is 0 Å². The molecule has 0 aliphatic heterocycles. The standard InChI is InChI=1S/C22H25.C19H19.2CH3.2ClH.H2Si.Zr/c1-15(2)18-13-17-7-6-8-20(21(17)14-18)16-9-11-19(12-10-16)22(3,4)5;1-12-5-6-14(3)17(9-12)16-8-7-15(4)18-10-13(2)11-19(16)18;;;;;;/h6-15H,1-5H3;5-11H,1-4H3;2*1H3;2*1H;1H2;. The SMILES string of the molecule is CC1=Cc2c(-c3cc(C)ccc3C)ccc(C)c2[CH]1[Zr]([CH3])([CH3])(=[SiH2])[CH]1C(C(C)C)=Cc2c(-c3ccc(C(C)(C)C)cc3)cccc21.Cl.Cl. The van der Waals surface area contributed by atoms with Gasteiger partial charge >= 0.3 is 277 Å². The van der Waals surface area contributed by atoms with Gasteiger partial charge in [-0.3, -0.25) is 0 Å². The van der Waals surface area contributed by atoms with Gasteiger partial charge in [0.15, 0.2) is 0 Å². The third-order valence-electron chi connectivity index (χ3n) is 11.0. The van der Waals surface area contributed by atoms with Crippen molar-refractivity contribution in [3.8, 4) is 22.3 Å². The molecule has 0 heterocycles. The normalized spacial score (nSPS) is 17.4. The summed E-state index contributed by atoms with van der Waals surface area (Å²) in [6, 6.07) is 28.2. The zero-order valence-electron chi connectivity index (χ0n) is 30.3. The van der Waals surface area contributed by atoms with Crippen LogP contribution in [0.4, 0.5) is 0 Å². The number of fused-ring (bicyclic) bond motifs is 2. The number of benzene rings is 4. The molecular formula is C43H54Cl2SiZr. The third-order valence-corrected chi connectivity index (χ3v) is 28.6. The van der Waals surface area contributed by atoms with Crippen LogP contribution in [-0.2, 0) is 22.8 Å². The van der Waals surface area contributed by atoms with Gasteiger partial charge in [0.2, 0.25) is 0 Å². The molecule has 2 aliphatic carbocycles. The Labute approximate surface area is 299 Å². The molecule has 47 heavy (non-hydrogen) atoms. The Hall–Kier alpha value is -1.96. The Bertz CT molecular complexity index is 1980. The van der Waals surface area contributed by atoms with Crippen LogP contribution >= 0.6 is 24.8 Å². The van der Waals surface area contributed by atoms with Gasteiger partial charge in [0.05, 0.1) is 0 Å². The summed E-state index contributed by atoms with van der Waals surface area (Å²) in [5.74, 6) is 0.503. The second-order valence-electron chi connectivity index (χ2n) is 16.7. The molecular weight excluding hydrogens is 707 g/mol. The van der Waals surface area contributed by atoms with Crippen LogP contribution in [0.15, 0.2) is 83.9 Å². The predicted octanol–water partition coefficient (Wildman–Crippen LogP) is 12.7. The third kappa shape index (κ3) is 6.43. The van der Waals surface area contributed by atoms with E-state index in [1.165, 1.54) is 55.6 Å². The number of allylic oxidation sites excluding steroid dienone is 2. The summed E-state index contributed by atoms with van der Waals surface area (Å²) in [5, 5.41) is 0. The molecule has 4 aromatic rings. The van der Waals surface area contributed by atoms with Gasteiger partial charge in [-0.1, -0.05) is 0 Å². The summed E-state index contributed by atoms with van der Waals surface area (Å²) in [6.07, 6.45) is 5.18. The molecule has 0 N–H and O–H groups in total. The van der Waals surface area contributed by atoms with E-state index in [0.29, 0.717) is 13.2 Å². The minimum absolute atomic E-state index is 0. The molecule has 4 heteroatoms. The fourth-order valence-corrected chi connectivity index (χ4v) is 29.5. The van der Waals surface area contributed by atoms with Crippen LogP contribution in [0.2, 0.25) is 9.26 Å². The minimum Gasteiger partial charge on any atom is -0.147 e. The van der Waals surface area contributed by atoms with Crippen molar-refractivity contribution in [2.24, 2.45) is 5.92 Å². The maximum absolute atomic E-state index is 3.70. The average Bonchev–Trinajstić information content (AvgIpc) is 3.55. The van der Waals surface area contributed by atoms with Crippen LogP contribution in [0.1, 0.15) is 93.3 Å². The Balaban J connectivity index is 0.00000250. The molecule has 0 amide bonds. The van der Waals surface area contributed by atoms with Gasteiger partial charge in [-0.05, 0) is 0 Å². The topological polar surface area (TPSA) is 0 Å². The van der Waals surface area contributed by atoms with E-state index in [1.54, 1.807) is 22.3 Å². The first-order valence-electron chi connectivity index (χ1n) is 16.9. The zero-order valence-corrected chi connectivity index (χ0v) is 35.8. The fraction of sp³-hybridized carbons (Fsp3) is 0.349. The van der Waals surface area contributed by atoms with Crippen molar-refractivity contribution in [3.63, 3.8) is 0 Å². The monoisotopic (exact) mass is 758 g/mol. The quantitative estimate of drug-likeness (QED) is 0.178. The summed E-state index contributed by atoms with van der Waals surface area (Å²) in [7, 11) is 0. The van der Waals surface area contributed by atoms with Crippen molar-refractivity contribution in [2.45, 2.75) is 84.2 Å². The molecule has 248 valence electrons. The molecule has 2 unspecified atom stereocenters. The molecule has 2 atom stereocenters. The molecule has 0 bridgehead atoms. The maximum atomic E-state index is 2.78. The van der Waals surface area contributed by atoms with E-state index < -0.39 is 17.4 Å². The Morgan fingerprint density at radius 2 is 1.32 bits per heavy atom. The van der Waals surface area contributed by atoms with E-state index in [4.69, 9.17) is 0 Å². The van der Waals surface area contributed by atoms with Crippen LogP contribution < -0.4 is 0 Å². The minimum atomic E-state index is -3.70. The summed E-state index contributed by atoms with van der Waals surface area (Å²) < 4.78 is 6.58. The molecule has 0 nitrogen and oxygen atoms in total. The average molecular weight is 761 g/mol. The largest absolute Gasteiger partial charge is 0.147 e. The number of hydrogen-bond acceptors (Lipinski definition) is 0. The molecule has 0 saturated heterocycles. The number of aryl methyl sites for hydroxylation is 3. The molecule has 2 aliphatic rings. The van der Waals surface area contributed by atoms with Crippen molar-refractivity contribution in [1.29, 1.82) is 0 Å². The van der Waals surface area contributed by atoms with E-state index in [-0.39, 0.29) is 30.2 Å². The summed E-state index contributed by atoms with van der Waals surface area (Å²) in [6.45, 7) is 23.5. The van der Waals surface area contributed by atoms with Gasteiger partial charge in [0.1, 0.15) is 0 Å². The summed E-state index contributed by atoms with van der Waals surface area (Å²) >= 11 is -3.70. The van der Waals surface area contributed by atoms with Crippen LogP contribution in [0.3, 0.4) is 0 Å². The van der Waals surface area contributed by atoms with Crippen molar-refractivity contribution in [1.82, 2.24) is 0 Å². The molecule has 0 aromatic heterocycles. The predicted molar refractivity (Wildman–Crippen MR) is 213 cm³/mol. The van der Waals surface area contributed by atoms with E-state index in [1.807, 2.05) is 0 Å². The Morgan fingerprint density at radius 3 is 1.94 bits per heavy atom. The zero-order chi connectivity index (χ0) is 32.7. The van der Waals surface area contributed by atoms with Gasteiger partial charge in [-0.2, -0.15) is 0 Å². The number of hydrogen-bond donors (Lipinski definition) is 0. The van der Waals surface area contributed by atoms with Crippen molar-refractivity contribution in [3.05, 3.63) is 128 Å². The maximum Gasteiger partial charge on any atom is -0.147 e. The molecule has 0 fully saturated rings. The van der Waals surface area contributed by atoms with Crippen LogP contribution in [0, 0.1) is 26.7 Å². The van der Waals surface area contributed by atoms with E-state index in [9.17, 15) is 0 Å². The van der Waals surface area contributed by atoms with Crippen LogP contribution in [-0.4, -0.2) is 6.88 Å². The van der Waals surface area contributed by atoms with E-state index in [2.05, 4.69) is 163 Å². The van der Waals surface area contributed by atoms with E-state index in [0.717, 1.165) is 0 Å². The van der Waals surface area contributed by atoms with Gasteiger partial charge in [0, 0.05) is 0 Å². The molecule has 0 saturated carbocycles. The Kier molecular flexibility index (Phi) is 10.5. The second-order valence-corrected chi connectivity index (χ2v) is 47.2. The molecule has 0 radical (unpaired) electrons. The smallest absolute Gasteiger partial charge is 0.147 e. The summed E-state index contributed by atoms with van der Waals surface area (Å²) in [5.41, 5.74) is 20.5. The second kappa shape index (κ2) is 13.1. The van der Waals surface area contributed by atoms with Crippen LogP contribution in [0.25, 0.3) is 34.4 Å². The number of rotatable bonds is 5. The van der Waals surface area contributed by atoms with Crippen molar-refractivity contribution >= 4 is 43.8 Å². The summed E-state index contributed by atoms with van der Waals surface area (Å²) in [4.78, 5) is 0. The Morgan fingerprint density at radius 1 is 0.681 bits per heavy atom.